The summed E-state index contributed by atoms with van der Waals surface area (Å²) in [6.45, 7) is 4.30. The highest BCUT2D eigenvalue weighted by Gasteiger charge is 2.26. The van der Waals surface area contributed by atoms with E-state index in [1.165, 1.54) is 5.56 Å². The van der Waals surface area contributed by atoms with E-state index in [-0.39, 0.29) is 11.9 Å². The highest BCUT2D eigenvalue weighted by molar-refractivity contribution is 5.77. The Bertz CT molecular complexity index is 432. The molecule has 1 heterocycles. The Balaban J connectivity index is 2.05. The van der Waals surface area contributed by atoms with Crippen molar-refractivity contribution in [3.63, 3.8) is 0 Å². The van der Waals surface area contributed by atoms with Gasteiger partial charge in [-0.2, -0.15) is 0 Å². The number of hydrogen-bond acceptors (Lipinski definition) is 3. The van der Waals surface area contributed by atoms with Gasteiger partial charge in [-0.15, -0.1) is 0 Å². The number of aliphatic hydroxyl groups excluding tert-OH is 1. The van der Waals surface area contributed by atoms with Crippen LogP contribution < -0.4 is 10.6 Å². The SMILES string of the molecule is CC(C)c1cccc(N[C@H]2CCC(=O)NC2O)c1. The lowest BCUT2D eigenvalue weighted by molar-refractivity contribution is -0.126. The maximum atomic E-state index is 11.1. The number of rotatable bonds is 3. The topological polar surface area (TPSA) is 61.4 Å². The summed E-state index contributed by atoms with van der Waals surface area (Å²) in [6.07, 6.45) is 0.297. The van der Waals surface area contributed by atoms with Crippen LogP contribution in [0, 0.1) is 0 Å². The van der Waals surface area contributed by atoms with Gasteiger partial charge in [0.25, 0.3) is 0 Å². The number of nitrogens with one attached hydrogen (secondary N) is 2. The average Bonchev–Trinajstić information content (AvgIpc) is 2.33. The summed E-state index contributed by atoms with van der Waals surface area (Å²) >= 11 is 0. The Morgan fingerprint density at radius 2 is 2.22 bits per heavy atom. The number of piperidine rings is 1. The van der Waals surface area contributed by atoms with Gasteiger partial charge in [-0.05, 0) is 30.0 Å². The van der Waals surface area contributed by atoms with E-state index in [2.05, 4.69) is 36.6 Å². The molecule has 1 aromatic rings. The van der Waals surface area contributed by atoms with Gasteiger partial charge in [0, 0.05) is 12.1 Å². The fourth-order valence-corrected chi connectivity index (χ4v) is 2.13. The first-order valence-corrected chi connectivity index (χ1v) is 6.40. The van der Waals surface area contributed by atoms with Gasteiger partial charge >= 0.3 is 0 Å². The zero-order valence-electron chi connectivity index (χ0n) is 10.8. The number of benzene rings is 1. The Morgan fingerprint density at radius 1 is 1.44 bits per heavy atom. The van der Waals surface area contributed by atoms with Gasteiger partial charge in [0.15, 0.2) is 0 Å². The highest BCUT2D eigenvalue weighted by Crippen LogP contribution is 2.21. The molecule has 1 aliphatic rings. The summed E-state index contributed by atoms with van der Waals surface area (Å²) in [7, 11) is 0. The van der Waals surface area contributed by atoms with E-state index >= 15 is 0 Å². The molecular weight excluding hydrogens is 228 g/mol. The van der Waals surface area contributed by atoms with Gasteiger partial charge in [-0.25, -0.2) is 0 Å². The van der Waals surface area contributed by atoms with E-state index in [4.69, 9.17) is 0 Å². The third-order valence-corrected chi connectivity index (χ3v) is 3.28. The van der Waals surface area contributed by atoms with Crippen molar-refractivity contribution in [3.05, 3.63) is 29.8 Å². The summed E-state index contributed by atoms with van der Waals surface area (Å²) in [4.78, 5) is 11.1. The van der Waals surface area contributed by atoms with E-state index < -0.39 is 6.23 Å². The van der Waals surface area contributed by atoms with Crippen molar-refractivity contribution < 1.29 is 9.90 Å². The molecule has 0 spiro atoms. The maximum Gasteiger partial charge on any atom is 0.222 e. The van der Waals surface area contributed by atoms with Crippen LogP contribution in [-0.2, 0) is 4.79 Å². The summed E-state index contributed by atoms with van der Waals surface area (Å²) in [6, 6.07) is 8.05. The van der Waals surface area contributed by atoms with Crippen LogP contribution in [0.4, 0.5) is 5.69 Å². The maximum absolute atomic E-state index is 11.1. The lowest BCUT2D eigenvalue weighted by Gasteiger charge is -2.30. The van der Waals surface area contributed by atoms with Crippen molar-refractivity contribution in [3.8, 4) is 0 Å². The Labute approximate surface area is 107 Å². The van der Waals surface area contributed by atoms with Crippen molar-refractivity contribution in [2.24, 2.45) is 0 Å². The molecule has 0 saturated carbocycles. The van der Waals surface area contributed by atoms with E-state index in [1.54, 1.807) is 0 Å². The summed E-state index contributed by atoms with van der Waals surface area (Å²) in [5.74, 6) is 0.388. The second-order valence-corrected chi connectivity index (χ2v) is 5.08. The molecule has 1 fully saturated rings. The van der Waals surface area contributed by atoms with Crippen molar-refractivity contribution in [2.45, 2.75) is 44.9 Å². The first kappa shape index (κ1) is 12.9. The van der Waals surface area contributed by atoms with Crippen LogP contribution >= 0.6 is 0 Å². The van der Waals surface area contributed by atoms with Crippen LogP contribution in [0.25, 0.3) is 0 Å². The molecule has 3 N–H and O–H groups in total. The van der Waals surface area contributed by atoms with Crippen molar-refractivity contribution in [2.75, 3.05) is 5.32 Å². The fraction of sp³-hybridized carbons (Fsp3) is 0.500. The molecule has 18 heavy (non-hydrogen) atoms. The first-order valence-electron chi connectivity index (χ1n) is 6.40. The molecule has 1 aliphatic heterocycles. The van der Waals surface area contributed by atoms with Crippen LogP contribution in [0.2, 0.25) is 0 Å². The fourth-order valence-electron chi connectivity index (χ4n) is 2.13. The Hall–Kier alpha value is -1.55. The molecule has 1 aromatic carbocycles. The third-order valence-electron chi connectivity index (χ3n) is 3.28. The van der Waals surface area contributed by atoms with Crippen molar-refractivity contribution in [1.29, 1.82) is 0 Å². The standard InChI is InChI=1S/C14H20N2O2/c1-9(2)10-4-3-5-11(8-10)15-12-6-7-13(17)16-14(12)18/h3-5,8-9,12,14-15,18H,6-7H2,1-2H3,(H,16,17)/t12-,14?/m0/s1. The smallest absolute Gasteiger partial charge is 0.222 e. The number of aliphatic hydroxyl groups is 1. The third kappa shape index (κ3) is 3.01. The van der Waals surface area contributed by atoms with Gasteiger partial charge in [0.1, 0.15) is 6.23 Å². The molecular formula is C14H20N2O2. The van der Waals surface area contributed by atoms with Gasteiger partial charge in [0.2, 0.25) is 5.91 Å². The number of hydrogen-bond donors (Lipinski definition) is 3. The minimum atomic E-state index is -0.811. The van der Waals surface area contributed by atoms with E-state index in [9.17, 15) is 9.90 Å². The number of carbonyl (C=O) groups excluding carboxylic acids is 1. The van der Waals surface area contributed by atoms with Crippen LogP contribution in [0.1, 0.15) is 38.2 Å². The van der Waals surface area contributed by atoms with Gasteiger partial charge < -0.3 is 15.7 Å². The molecule has 1 amide bonds. The lowest BCUT2D eigenvalue weighted by Crippen LogP contribution is -2.51. The molecule has 0 aliphatic carbocycles. The quantitative estimate of drug-likeness (QED) is 0.764. The van der Waals surface area contributed by atoms with Gasteiger partial charge in [-0.3, -0.25) is 4.79 Å². The zero-order chi connectivity index (χ0) is 13.1. The molecule has 0 bridgehead atoms. The average molecular weight is 248 g/mol. The van der Waals surface area contributed by atoms with Gasteiger partial charge in [-0.1, -0.05) is 26.0 Å². The number of amides is 1. The largest absolute Gasteiger partial charge is 0.378 e. The van der Waals surface area contributed by atoms with Crippen LogP contribution in [-0.4, -0.2) is 23.3 Å². The molecule has 2 rings (SSSR count). The van der Waals surface area contributed by atoms with E-state index in [0.29, 0.717) is 18.8 Å². The normalized spacial score (nSPS) is 23.9. The van der Waals surface area contributed by atoms with Gasteiger partial charge in [0.05, 0.1) is 6.04 Å². The zero-order valence-corrected chi connectivity index (χ0v) is 10.8. The van der Waals surface area contributed by atoms with E-state index in [1.807, 2.05) is 12.1 Å². The molecule has 4 heteroatoms. The van der Waals surface area contributed by atoms with Crippen LogP contribution in [0.15, 0.2) is 24.3 Å². The van der Waals surface area contributed by atoms with Crippen molar-refractivity contribution in [1.82, 2.24) is 5.32 Å². The molecule has 1 saturated heterocycles. The predicted octanol–water partition coefficient (Wildman–Crippen LogP) is 1.82. The Morgan fingerprint density at radius 3 is 2.89 bits per heavy atom. The number of carbonyl (C=O) groups is 1. The minimum Gasteiger partial charge on any atom is -0.378 e. The number of anilines is 1. The van der Waals surface area contributed by atoms with Crippen LogP contribution in [0.3, 0.4) is 0 Å². The molecule has 2 atom stereocenters. The minimum absolute atomic E-state index is 0.0866. The summed E-state index contributed by atoms with van der Waals surface area (Å²) < 4.78 is 0. The molecule has 0 radical (unpaired) electrons. The monoisotopic (exact) mass is 248 g/mol. The molecule has 4 nitrogen and oxygen atoms in total. The molecule has 1 unspecified atom stereocenters. The van der Waals surface area contributed by atoms with Crippen LogP contribution in [0.5, 0.6) is 0 Å². The second kappa shape index (κ2) is 5.40. The highest BCUT2D eigenvalue weighted by atomic mass is 16.3. The molecule has 0 aromatic heterocycles. The Kier molecular flexibility index (Phi) is 3.87. The predicted molar refractivity (Wildman–Crippen MR) is 71.3 cm³/mol. The lowest BCUT2D eigenvalue weighted by atomic mass is 10.0. The summed E-state index contributed by atoms with van der Waals surface area (Å²) in [5, 5.41) is 15.6. The first-order chi connectivity index (χ1) is 8.56. The molecule has 98 valence electrons. The summed E-state index contributed by atoms with van der Waals surface area (Å²) in [5.41, 5.74) is 2.25. The second-order valence-electron chi connectivity index (χ2n) is 5.08. The van der Waals surface area contributed by atoms with Crippen molar-refractivity contribution >= 4 is 11.6 Å². The van der Waals surface area contributed by atoms with E-state index in [0.717, 1.165) is 5.69 Å².